The van der Waals surface area contributed by atoms with Gasteiger partial charge in [0.2, 0.25) is 11.8 Å². The lowest BCUT2D eigenvalue weighted by Gasteiger charge is -2.61. The van der Waals surface area contributed by atoms with Gasteiger partial charge in [-0.05, 0) is 37.3 Å². The topological polar surface area (TPSA) is 114 Å². The summed E-state index contributed by atoms with van der Waals surface area (Å²) >= 11 is 0. The number of ether oxygens (including phenoxy) is 1. The number of anilines is 1. The van der Waals surface area contributed by atoms with Crippen LogP contribution >= 0.6 is 0 Å². The first-order chi connectivity index (χ1) is 16.1. The Kier molecular flexibility index (Phi) is 6.34. The number of piperidine rings is 1. The highest BCUT2D eigenvalue weighted by Crippen LogP contribution is 2.55. The minimum Gasteiger partial charge on any atom is -0.421 e. The quantitative estimate of drug-likeness (QED) is 0.352. The van der Waals surface area contributed by atoms with E-state index in [0.717, 1.165) is 18.8 Å². The van der Waals surface area contributed by atoms with Crippen LogP contribution in [-0.2, 0) is 23.1 Å². The summed E-state index contributed by atoms with van der Waals surface area (Å²) in [5, 5.41) is 9.95. The lowest BCUT2D eigenvalue weighted by atomic mass is 9.65. The maximum atomic E-state index is 14.9. The van der Waals surface area contributed by atoms with Gasteiger partial charge in [0.1, 0.15) is 30.1 Å². The van der Waals surface area contributed by atoms with Crippen molar-refractivity contribution in [3.8, 4) is 0 Å². The summed E-state index contributed by atoms with van der Waals surface area (Å²) in [5.41, 5.74) is 6.18. The van der Waals surface area contributed by atoms with Crippen molar-refractivity contribution < 1.29 is 26.7 Å². The van der Waals surface area contributed by atoms with Gasteiger partial charge in [0.15, 0.2) is 0 Å². The molecule has 0 spiro atoms. The molecule has 2 fully saturated rings. The Bertz CT molecular complexity index is 1120. The van der Waals surface area contributed by atoms with Crippen LogP contribution in [0.3, 0.4) is 0 Å². The molecule has 34 heavy (non-hydrogen) atoms. The standard InChI is InChI=1S/C21H25F4N7O2/c1-11-4-12-8-20(7-11,19-30-29-17(34-19)9-33-3)32(12)31-16-5-13(18(26)28-10-27-2)14(6-15(16)22)21(23,24)25/h5-6,10-12,31H,4,7-9H2,1-3H3,(H2,26,27,28)/t11-,12-,20+/m1/s1. The second kappa shape index (κ2) is 8.95. The molecule has 0 saturated carbocycles. The van der Waals surface area contributed by atoms with Gasteiger partial charge in [-0.15, -0.1) is 10.2 Å². The number of hydrogen-bond acceptors (Lipinski definition) is 7. The van der Waals surface area contributed by atoms with E-state index in [0.29, 0.717) is 36.6 Å². The van der Waals surface area contributed by atoms with Gasteiger partial charge in [-0.25, -0.2) is 14.4 Å². The van der Waals surface area contributed by atoms with Crippen molar-refractivity contribution in [1.29, 1.82) is 0 Å². The Hall–Kier alpha value is -3.06. The van der Waals surface area contributed by atoms with Gasteiger partial charge in [0.25, 0.3) is 0 Å². The highest BCUT2D eigenvalue weighted by Gasteiger charge is 2.61. The highest BCUT2D eigenvalue weighted by molar-refractivity contribution is 6.03. The number of hydrazine groups is 1. The van der Waals surface area contributed by atoms with E-state index in [4.69, 9.17) is 14.9 Å². The van der Waals surface area contributed by atoms with Crippen molar-refractivity contribution >= 4 is 17.9 Å². The van der Waals surface area contributed by atoms with Crippen LogP contribution in [0, 0.1) is 11.7 Å². The number of nitrogens with two attached hydrogens (primary N) is 1. The van der Waals surface area contributed by atoms with E-state index in [-0.39, 0.29) is 18.3 Å². The third-order valence-electron chi connectivity index (χ3n) is 6.13. The number of aliphatic imine (C=N–C) groups is 2. The van der Waals surface area contributed by atoms with Crippen molar-refractivity contribution in [3.05, 3.63) is 40.9 Å². The van der Waals surface area contributed by atoms with Gasteiger partial charge in [-0.2, -0.15) is 13.2 Å². The Morgan fingerprint density at radius 3 is 2.82 bits per heavy atom. The van der Waals surface area contributed by atoms with Gasteiger partial charge in [0.05, 0.1) is 11.3 Å². The molecular weight excluding hydrogens is 458 g/mol. The van der Waals surface area contributed by atoms with E-state index >= 15 is 0 Å². The zero-order chi connectivity index (χ0) is 24.7. The number of hydrogen-bond donors (Lipinski definition) is 2. The third-order valence-corrected chi connectivity index (χ3v) is 6.13. The van der Waals surface area contributed by atoms with Crippen molar-refractivity contribution in [3.63, 3.8) is 0 Å². The SMILES string of the molecule is CN=CN=C(N)c1cc(NN2[C@@H]3C[C@@H](C)C[C@@]2(c2nnc(COC)o2)C3)c(F)cc1C(F)(F)F. The van der Waals surface area contributed by atoms with Crippen LogP contribution < -0.4 is 11.2 Å². The molecule has 3 N–H and O–H groups in total. The fraction of sp³-hybridized carbons (Fsp3) is 0.524. The second-order valence-corrected chi connectivity index (χ2v) is 8.61. The van der Waals surface area contributed by atoms with Crippen molar-refractivity contribution in [2.45, 2.75) is 50.6 Å². The monoisotopic (exact) mass is 483 g/mol. The van der Waals surface area contributed by atoms with Crippen molar-refractivity contribution in [2.24, 2.45) is 21.6 Å². The summed E-state index contributed by atoms with van der Waals surface area (Å²) in [6.07, 6.45) is -1.65. The number of alkyl halides is 3. The zero-order valence-corrected chi connectivity index (χ0v) is 18.9. The molecule has 3 atom stereocenters. The van der Waals surface area contributed by atoms with Gasteiger partial charge in [-0.1, -0.05) is 6.92 Å². The van der Waals surface area contributed by atoms with Crippen LogP contribution in [-0.4, -0.2) is 47.6 Å². The normalized spacial score (nSPS) is 25.6. The maximum absolute atomic E-state index is 14.9. The molecule has 3 heterocycles. The molecule has 9 nitrogen and oxygen atoms in total. The Balaban J connectivity index is 1.72. The van der Waals surface area contributed by atoms with E-state index in [2.05, 4.69) is 32.5 Å². The summed E-state index contributed by atoms with van der Waals surface area (Å²) in [7, 11) is 2.90. The molecular formula is C21H25F4N7O2. The largest absolute Gasteiger partial charge is 0.421 e. The van der Waals surface area contributed by atoms with Gasteiger partial charge >= 0.3 is 6.18 Å². The number of benzene rings is 1. The second-order valence-electron chi connectivity index (χ2n) is 8.61. The molecule has 0 amide bonds. The molecule has 2 bridgehead atoms. The molecule has 0 unspecified atom stereocenters. The lowest BCUT2D eigenvalue weighted by molar-refractivity contribution is -0.138. The molecule has 184 valence electrons. The van der Waals surface area contributed by atoms with Crippen LogP contribution in [0.25, 0.3) is 0 Å². The minimum absolute atomic E-state index is 0.00454. The van der Waals surface area contributed by atoms with Crippen LogP contribution in [0.15, 0.2) is 26.5 Å². The predicted octanol–water partition coefficient (Wildman–Crippen LogP) is 3.46. The highest BCUT2D eigenvalue weighted by atomic mass is 19.4. The van der Waals surface area contributed by atoms with E-state index in [1.807, 2.05) is 0 Å². The lowest BCUT2D eigenvalue weighted by Crippen LogP contribution is -2.69. The average molecular weight is 483 g/mol. The first-order valence-electron chi connectivity index (χ1n) is 10.6. The summed E-state index contributed by atoms with van der Waals surface area (Å²) in [6.45, 7) is 2.24. The van der Waals surface area contributed by atoms with Crippen LogP contribution in [0.4, 0.5) is 23.2 Å². The average Bonchev–Trinajstić information content (AvgIpc) is 3.24. The molecule has 2 aliphatic rings. The Morgan fingerprint density at radius 2 is 2.15 bits per heavy atom. The minimum atomic E-state index is -4.83. The summed E-state index contributed by atoms with van der Waals surface area (Å²) < 4.78 is 66.5. The number of fused-ring (bicyclic) bond motifs is 2. The molecule has 13 heteroatoms. The fourth-order valence-electron chi connectivity index (χ4n) is 4.84. The van der Waals surface area contributed by atoms with E-state index in [1.165, 1.54) is 14.2 Å². The third kappa shape index (κ3) is 4.25. The molecule has 0 radical (unpaired) electrons. The molecule has 2 aromatic rings. The van der Waals surface area contributed by atoms with E-state index in [9.17, 15) is 17.6 Å². The van der Waals surface area contributed by atoms with E-state index < -0.39 is 34.5 Å². The maximum Gasteiger partial charge on any atom is 0.417 e. The predicted molar refractivity (Wildman–Crippen MR) is 115 cm³/mol. The molecule has 1 aromatic carbocycles. The number of halogens is 4. The zero-order valence-electron chi connectivity index (χ0n) is 18.9. The first-order valence-corrected chi connectivity index (χ1v) is 10.6. The summed E-state index contributed by atoms with van der Waals surface area (Å²) in [6, 6.07) is 1.43. The number of nitrogens with zero attached hydrogens (tertiary/aromatic N) is 5. The van der Waals surface area contributed by atoms with E-state index in [1.54, 1.807) is 5.01 Å². The van der Waals surface area contributed by atoms with Crippen LogP contribution in [0.5, 0.6) is 0 Å². The summed E-state index contributed by atoms with van der Waals surface area (Å²) in [5.74, 6) is -0.527. The van der Waals surface area contributed by atoms with Gasteiger partial charge < -0.3 is 20.3 Å². The Morgan fingerprint density at radius 1 is 1.38 bits per heavy atom. The number of nitrogens with one attached hydrogen (secondary N) is 1. The van der Waals surface area contributed by atoms with Gasteiger partial charge in [-0.3, -0.25) is 4.99 Å². The number of amidine groups is 1. The molecule has 4 rings (SSSR count). The molecule has 0 aliphatic carbocycles. The smallest absolute Gasteiger partial charge is 0.417 e. The summed E-state index contributed by atoms with van der Waals surface area (Å²) in [4.78, 5) is 7.32. The molecule has 2 saturated heterocycles. The van der Waals surface area contributed by atoms with Gasteiger partial charge in [0, 0.05) is 25.8 Å². The number of rotatable bonds is 7. The first kappa shape index (κ1) is 24.1. The van der Waals surface area contributed by atoms with Crippen molar-refractivity contribution in [2.75, 3.05) is 19.6 Å². The van der Waals surface area contributed by atoms with Crippen LogP contribution in [0.2, 0.25) is 0 Å². The molecule has 1 aromatic heterocycles. The fourth-order valence-corrected chi connectivity index (χ4v) is 4.84. The van der Waals surface area contributed by atoms with Crippen molar-refractivity contribution in [1.82, 2.24) is 15.2 Å². The Labute approximate surface area is 193 Å². The number of methoxy groups -OCH3 is 1. The number of aromatic nitrogens is 2. The molecule has 2 aliphatic heterocycles. The van der Waals surface area contributed by atoms with Crippen LogP contribution in [0.1, 0.15) is 49.1 Å².